The van der Waals surface area contributed by atoms with Crippen LogP contribution < -0.4 is 10.2 Å². The molecule has 0 unspecified atom stereocenters. The van der Waals surface area contributed by atoms with Crippen molar-refractivity contribution in [3.8, 4) is 0 Å². The minimum absolute atomic E-state index is 0.217. The Labute approximate surface area is 125 Å². The van der Waals surface area contributed by atoms with Gasteiger partial charge in [-0.05, 0) is 24.6 Å². The topological polar surface area (TPSA) is 41.1 Å². The highest BCUT2D eigenvalue weighted by molar-refractivity contribution is 5.58. The third-order valence-electron chi connectivity index (χ3n) is 3.39. The predicted molar refractivity (Wildman–Crippen MR) is 84.2 cm³/mol. The Kier molecular flexibility index (Phi) is 4.73. The summed E-state index contributed by atoms with van der Waals surface area (Å²) in [5.74, 6) is 2.29. The number of benzene rings is 1. The molecule has 0 atom stereocenters. The lowest BCUT2D eigenvalue weighted by molar-refractivity contribution is 0.625. The van der Waals surface area contributed by atoms with Gasteiger partial charge in [-0.1, -0.05) is 19.1 Å². The maximum Gasteiger partial charge on any atom is 0.137 e. The third kappa shape index (κ3) is 3.48. The minimum Gasteiger partial charge on any atom is -0.373 e. The number of anilines is 2. The van der Waals surface area contributed by atoms with E-state index in [9.17, 15) is 4.39 Å². The molecule has 0 spiro atoms. The summed E-state index contributed by atoms with van der Waals surface area (Å²) in [5, 5.41) is 3.10. The summed E-state index contributed by atoms with van der Waals surface area (Å²) in [7, 11) is 3.81. The molecule has 0 aliphatic heterocycles. The Morgan fingerprint density at radius 3 is 2.67 bits per heavy atom. The predicted octanol–water partition coefficient (Wildman–Crippen LogP) is 3.16. The van der Waals surface area contributed by atoms with Gasteiger partial charge in [0.2, 0.25) is 0 Å². The van der Waals surface area contributed by atoms with Gasteiger partial charge in [-0.2, -0.15) is 0 Å². The van der Waals surface area contributed by atoms with Crippen molar-refractivity contribution in [1.29, 1.82) is 0 Å². The lowest BCUT2D eigenvalue weighted by Crippen LogP contribution is -2.21. The molecule has 0 saturated heterocycles. The highest BCUT2D eigenvalue weighted by Gasteiger charge is 2.13. The van der Waals surface area contributed by atoms with Crippen molar-refractivity contribution in [1.82, 2.24) is 9.97 Å². The maximum absolute atomic E-state index is 13.3. The second kappa shape index (κ2) is 6.52. The van der Waals surface area contributed by atoms with Crippen LogP contribution in [0.4, 0.5) is 16.0 Å². The fourth-order valence-corrected chi connectivity index (χ4v) is 2.31. The first kappa shape index (κ1) is 15.2. The summed E-state index contributed by atoms with van der Waals surface area (Å²) in [6.45, 7) is 4.62. The van der Waals surface area contributed by atoms with Crippen LogP contribution in [0.25, 0.3) is 0 Å². The molecule has 0 aliphatic rings. The molecule has 21 heavy (non-hydrogen) atoms. The minimum atomic E-state index is -0.217. The molecule has 1 N–H and O–H groups in total. The van der Waals surface area contributed by atoms with E-state index in [-0.39, 0.29) is 5.82 Å². The van der Waals surface area contributed by atoms with Gasteiger partial charge in [0.25, 0.3) is 0 Å². The quantitative estimate of drug-likeness (QED) is 0.917. The molecule has 4 nitrogen and oxygen atoms in total. The smallest absolute Gasteiger partial charge is 0.137 e. The molecular formula is C16H21FN4. The van der Waals surface area contributed by atoms with Gasteiger partial charge in [-0.3, -0.25) is 0 Å². The molecule has 2 aromatic rings. The molecule has 0 radical (unpaired) electrons. The van der Waals surface area contributed by atoms with E-state index in [0.29, 0.717) is 6.54 Å². The van der Waals surface area contributed by atoms with Crippen LogP contribution in [0.3, 0.4) is 0 Å². The average Bonchev–Trinajstić information content (AvgIpc) is 2.47. The molecule has 5 heteroatoms. The van der Waals surface area contributed by atoms with Gasteiger partial charge in [0.1, 0.15) is 23.3 Å². The number of halogens is 1. The van der Waals surface area contributed by atoms with Crippen LogP contribution in [-0.4, -0.2) is 24.1 Å². The monoisotopic (exact) mass is 288 g/mol. The van der Waals surface area contributed by atoms with Crippen molar-refractivity contribution in [2.24, 2.45) is 0 Å². The van der Waals surface area contributed by atoms with Crippen LogP contribution in [0.2, 0.25) is 0 Å². The van der Waals surface area contributed by atoms with Gasteiger partial charge in [-0.15, -0.1) is 0 Å². The highest BCUT2D eigenvalue weighted by atomic mass is 19.1. The third-order valence-corrected chi connectivity index (χ3v) is 3.39. The Morgan fingerprint density at radius 2 is 2.05 bits per heavy atom. The van der Waals surface area contributed by atoms with Crippen molar-refractivity contribution in [2.75, 3.05) is 24.3 Å². The standard InChI is InChI=1S/C16H21FN4/c1-5-14-19-15(18-3)11(2)16(20-14)21(4)10-12-7-6-8-13(17)9-12/h6-9H,5,10H2,1-4H3,(H,18,19,20). The molecule has 0 fully saturated rings. The fraction of sp³-hybridized carbons (Fsp3) is 0.375. The van der Waals surface area contributed by atoms with Crippen LogP contribution in [0.5, 0.6) is 0 Å². The zero-order valence-corrected chi connectivity index (χ0v) is 12.9. The maximum atomic E-state index is 13.3. The SMILES string of the molecule is CCc1nc(NC)c(C)c(N(C)Cc2cccc(F)c2)n1. The van der Waals surface area contributed by atoms with Gasteiger partial charge in [0.05, 0.1) is 0 Å². The van der Waals surface area contributed by atoms with Crippen LogP contribution in [0.15, 0.2) is 24.3 Å². The van der Waals surface area contributed by atoms with Crippen LogP contribution in [-0.2, 0) is 13.0 Å². The highest BCUT2D eigenvalue weighted by Crippen LogP contribution is 2.24. The van der Waals surface area contributed by atoms with E-state index in [1.165, 1.54) is 6.07 Å². The van der Waals surface area contributed by atoms with Crippen molar-refractivity contribution >= 4 is 11.6 Å². The number of nitrogens with one attached hydrogen (secondary N) is 1. The lowest BCUT2D eigenvalue weighted by Gasteiger charge is -2.22. The Bertz CT molecular complexity index is 628. The summed E-state index contributed by atoms with van der Waals surface area (Å²) in [5.41, 5.74) is 1.91. The van der Waals surface area contributed by atoms with E-state index in [4.69, 9.17) is 0 Å². The molecule has 0 saturated carbocycles. The normalized spacial score (nSPS) is 10.5. The van der Waals surface area contributed by atoms with Gasteiger partial charge in [0.15, 0.2) is 0 Å². The zero-order chi connectivity index (χ0) is 15.4. The Morgan fingerprint density at radius 1 is 1.29 bits per heavy atom. The van der Waals surface area contributed by atoms with E-state index in [1.54, 1.807) is 12.1 Å². The molecule has 1 heterocycles. The van der Waals surface area contributed by atoms with E-state index in [2.05, 4.69) is 15.3 Å². The zero-order valence-electron chi connectivity index (χ0n) is 12.9. The van der Waals surface area contributed by atoms with Crippen LogP contribution in [0, 0.1) is 12.7 Å². The van der Waals surface area contributed by atoms with Gasteiger partial charge >= 0.3 is 0 Å². The molecule has 1 aromatic carbocycles. The second-order valence-corrected chi connectivity index (χ2v) is 5.03. The number of rotatable bonds is 5. The summed E-state index contributed by atoms with van der Waals surface area (Å²) < 4.78 is 13.3. The summed E-state index contributed by atoms with van der Waals surface area (Å²) >= 11 is 0. The van der Waals surface area contributed by atoms with Crippen molar-refractivity contribution in [3.63, 3.8) is 0 Å². The average molecular weight is 288 g/mol. The van der Waals surface area contributed by atoms with E-state index in [0.717, 1.165) is 35.0 Å². The van der Waals surface area contributed by atoms with Crippen molar-refractivity contribution < 1.29 is 4.39 Å². The number of aromatic nitrogens is 2. The second-order valence-electron chi connectivity index (χ2n) is 5.03. The van der Waals surface area contributed by atoms with E-state index in [1.807, 2.05) is 38.9 Å². The molecular weight excluding hydrogens is 267 g/mol. The first-order valence-corrected chi connectivity index (χ1v) is 7.06. The van der Waals surface area contributed by atoms with E-state index >= 15 is 0 Å². The number of aryl methyl sites for hydroxylation is 1. The molecule has 0 aliphatic carbocycles. The molecule has 2 rings (SSSR count). The lowest BCUT2D eigenvalue weighted by atomic mass is 10.2. The van der Waals surface area contributed by atoms with Crippen LogP contribution >= 0.6 is 0 Å². The summed E-state index contributed by atoms with van der Waals surface area (Å²) in [4.78, 5) is 11.1. The summed E-state index contributed by atoms with van der Waals surface area (Å²) in [6, 6.07) is 6.64. The first-order chi connectivity index (χ1) is 10.0. The number of hydrogen-bond donors (Lipinski definition) is 1. The van der Waals surface area contributed by atoms with Crippen molar-refractivity contribution in [2.45, 2.75) is 26.8 Å². The van der Waals surface area contributed by atoms with Gasteiger partial charge < -0.3 is 10.2 Å². The Balaban J connectivity index is 2.32. The van der Waals surface area contributed by atoms with Crippen molar-refractivity contribution in [3.05, 3.63) is 47.0 Å². The Hall–Kier alpha value is -2.17. The summed E-state index contributed by atoms with van der Waals surface area (Å²) in [6.07, 6.45) is 0.774. The number of nitrogens with zero attached hydrogens (tertiary/aromatic N) is 3. The fourth-order valence-electron chi connectivity index (χ4n) is 2.31. The molecule has 112 valence electrons. The van der Waals surface area contributed by atoms with Crippen LogP contribution in [0.1, 0.15) is 23.9 Å². The van der Waals surface area contributed by atoms with E-state index < -0.39 is 0 Å². The van der Waals surface area contributed by atoms with Gasteiger partial charge in [-0.25, -0.2) is 14.4 Å². The van der Waals surface area contributed by atoms with Gasteiger partial charge in [0, 0.05) is 32.6 Å². The molecule has 1 aromatic heterocycles. The molecule has 0 amide bonds. The first-order valence-electron chi connectivity index (χ1n) is 7.06. The number of hydrogen-bond acceptors (Lipinski definition) is 4. The largest absolute Gasteiger partial charge is 0.373 e. The molecule has 0 bridgehead atoms.